The number of rotatable bonds is 5. The van der Waals surface area contributed by atoms with Gasteiger partial charge in [0, 0.05) is 72.0 Å². The SMILES string of the molecule is O=C1c2oc(-c3ccc(Cl)cc3)cc2CC2=C(C=CC(N3CCNCC3)C2)N1Cc1ccccc1-c1cncnc1. The van der Waals surface area contributed by atoms with Crippen molar-refractivity contribution in [3.05, 3.63) is 119 Å². The van der Waals surface area contributed by atoms with E-state index in [1.807, 2.05) is 59.8 Å². The summed E-state index contributed by atoms with van der Waals surface area (Å²) in [7, 11) is 0. The van der Waals surface area contributed by atoms with Crippen LogP contribution in [-0.4, -0.2) is 57.9 Å². The molecule has 4 aromatic rings. The first kappa shape index (κ1) is 25.9. The van der Waals surface area contributed by atoms with Crippen LogP contribution in [-0.2, 0) is 13.0 Å². The molecule has 0 radical (unpaired) electrons. The first-order valence-corrected chi connectivity index (χ1v) is 14.4. The normalized spacial score (nSPS) is 19.2. The fourth-order valence-corrected chi connectivity index (χ4v) is 6.24. The van der Waals surface area contributed by atoms with Crippen LogP contribution in [0.5, 0.6) is 0 Å². The third-order valence-corrected chi connectivity index (χ3v) is 8.46. The molecule has 2 aliphatic heterocycles. The molecule has 2 aromatic heterocycles. The summed E-state index contributed by atoms with van der Waals surface area (Å²) in [6, 6.07) is 18.0. The fourth-order valence-electron chi connectivity index (χ4n) is 6.12. The quantitative estimate of drug-likeness (QED) is 0.334. The molecule has 2 aromatic carbocycles. The van der Waals surface area contributed by atoms with Gasteiger partial charge in [-0.3, -0.25) is 9.69 Å². The van der Waals surface area contributed by atoms with Crippen molar-refractivity contribution in [3.63, 3.8) is 0 Å². The van der Waals surface area contributed by atoms with E-state index < -0.39 is 0 Å². The number of halogens is 1. The zero-order valence-electron chi connectivity index (χ0n) is 22.6. The molecule has 3 aliphatic rings. The maximum absolute atomic E-state index is 14.3. The molecule has 206 valence electrons. The third-order valence-electron chi connectivity index (χ3n) is 8.20. The van der Waals surface area contributed by atoms with Crippen LogP contribution in [0.4, 0.5) is 0 Å². The summed E-state index contributed by atoms with van der Waals surface area (Å²) in [6.07, 6.45) is 11.1. The number of nitrogens with one attached hydrogen (secondary N) is 1. The molecule has 1 fully saturated rings. The molecule has 41 heavy (non-hydrogen) atoms. The van der Waals surface area contributed by atoms with Crippen LogP contribution < -0.4 is 5.32 Å². The first-order chi connectivity index (χ1) is 20.1. The van der Waals surface area contributed by atoms with Crippen molar-refractivity contribution in [2.45, 2.75) is 25.4 Å². The van der Waals surface area contributed by atoms with E-state index in [0.717, 1.165) is 66.1 Å². The van der Waals surface area contributed by atoms with Crippen molar-refractivity contribution in [2.75, 3.05) is 26.2 Å². The Hall–Kier alpha value is -4.04. The molecule has 1 unspecified atom stereocenters. The molecule has 4 heterocycles. The Kier molecular flexibility index (Phi) is 7.00. The number of piperazine rings is 1. The molecule has 0 saturated carbocycles. The topological polar surface area (TPSA) is 74.5 Å². The Labute approximate surface area is 244 Å². The van der Waals surface area contributed by atoms with Crippen molar-refractivity contribution >= 4 is 17.5 Å². The molecule has 0 bridgehead atoms. The molecular formula is C33H30ClN5O2. The molecule has 0 spiro atoms. The highest BCUT2D eigenvalue weighted by molar-refractivity contribution is 6.30. The van der Waals surface area contributed by atoms with Gasteiger partial charge in [-0.2, -0.15) is 0 Å². The van der Waals surface area contributed by atoms with Crippen molar-refractivity contribution in [2.24, 2.45) is 0 Å². The summed E-state index contributed by atoms with van der Waals surface area (Å²) in [5.74, 6) is 0.947. The Balaban J connectivity index is 1.29. The smallest absolute Gasteiger partial charge is 0.294 e. The maximum Gasteiger partial charge on any atom is 0.294 e. The maximum atomic E-state index is 14.3. The molecular weight excluding hydrogens is 534 g/mol. The van der Waals surface area contributed by atoms with Crippen LogP contribution >= 0.6 is 11.6 Å². The largest absolute Gasteiger partial charge is 0.451 e. The molecule has 7 rings (SSSR count). The summed E-state index contributed by atoms with van der Waals surface area (Å²) in [6.45, 7) is 4.44. The van der Waals surface area contributed by atoms with E-state index in [4.69, 9.17) is 16.0 Å². The number of benzene rings is 2. The van der Waals surface area contributed by atoms with Crippen LogP contribution in [0.3, 0.4) is 0 Å². The van der Waals surface area contributed by atoms with Gasteiger partial charge in [0.1, 0.15) is 12.1 Å². The molecule has 7 nitrogen and oxygen atoms in total. The Morgan fingerprint density at radius 1 is 1.00 bits per heavy atom. The van der Waals surface area contributed by atoms with Gasteiger partial charge in [0.25, 0.3) is 5.91 Å². The van der Waals surface area contributed by atoms with Gasteiger partial charge in [0.05, 0.1) is 6.54 Å². The summed E-state index contributed by atoms with van der Waals surface area (Å²) < 4.78 is 6.33. The Morgan fingerprint density at radius 3 is 2.59 bits per heavy atom. The Morgan fingerprint density at radius 2 is 1.78 bits per heavy atom. The highest BCUT2D eigenvalue weighted by Gasteiger charge is 2.35. The van der Waals surface area contributed by atoms with Gasteiger partial charge in [-0.05, 0) is 65.9 Å². The van der Waals surface area contributed by atoms with Crippen LogP contribution in [0.2, 0.25) is 5.02 Å². The highest BCUT2D eigenvalue weighted by atomic mass is 35.5. The molecule has 1 aliphatic carbocycles. The number of carbonyl (C=O) groups excluding carboxylic acids is 1. The lowest BCUT2D eigenvalue weighted by Crippen LogP contribution is -2.48. The number of fused-ring (bicyclic) bond motifs is 1. The summed E-state index contributed by atoms with van der Waals surface area (Å²) in [5, 5.41) is 4.12. The van der Waals surface area contributed by atoms with Gasteiger partial charge < -0.3 is 14.6 Å². The van der Waals surface area contributed by atoms with Gasteiger partial charge in [0.15, 0.2) is 5.76 Å². The second-order valence-corrected chi connectivity index (χ2v) is 11.2. The van der Waals surface area contributed by atoms with Crippen LogP contribution in [0.1, 0.15) is 28.1 Å². The zero-order chi connectivity index (χ0) is 27.8. The van der Waals surface area contributed by atoms with Gasteiger partial charge in [-0.25, -0.2) is 9.97 Å². The zero-order valence-corrected chi connectivity index (χ0v) is 23.3. The highest BCUT2D eigenvalue weighted by Crippen LogP contribution is 2.38. The predicted molar refractivity (Wildman–Crippen MR) is 159 cm³/mol. The van der Waals surface area contributed by atoms with Gasteiger partial charge >= 0.3 is 0 Å². The number of amides is 1. The van der Waals surface area contributed by atoms with E-state index in [9.17, 15) is 4.79 Å². The first-order valence-electron chi connectivity index (χ1n) is 14.0. The summed E-state index contributed by atoms with van der Waals surface area (Å²) >= 11 is 6.13. The summed E-state index contributed by atoms with van der Waals surface area (Å²) in [5.41, 5.74) is 7.00. The summed E-state index contributed by atoms with van der Waals surface area (Å²) in [4.78, 5) is 27.2. The standard InChI is InChI=1S/C33H30ClN5O2/c34-27-7-5-22(6-8-27)31-17-25-15-24-16-28(38-13-11-35-12-14-38)9-10-30(24)39(33(40)32(25)41-31)20-23-3-1-2-4-29(23)26-18-36-21-37-19-26/h1-10,17-19,21,28,35H,11-16,20H2. The van der Waals surface area contributed by atoms with Crippen molar-refractivity contribution in [1.82, 2.24) is 25.1 Å². The number of furan rings is 1. The van der Waals surface area contributed by atoms with Crippen molar-refractivity contribution in [3.8, 4) is 22.5 Å². The van der Waals surface area contributed by atoms with E-state index in [2.05, 4.69) is 44.5 Å². The fraction of sp³-hybridized carbons (Fsp3) is 0.242. The minimum Gasteiger partial charge on any atom is -0.451 e. The van der Waals surface area contributed by atoms with Crippen molar-refractivity contribution < 1.29 is 9.21 Å². The predicted octanol–water partition coefficient (Wildman–Crippen LogP) is 5.74. The molecule has 1 amide bonds. The van der Waals surface area contributed by atoms with E-state index in [0.29, 0.717) is 35.6 Å². The number of hydrogen-bond donors (Lipinski definition) is 1. The number of allylic oxidation sites excluding steroid dienone is 1. The molecule has 1 atom stereocenters. The Bertz CT molecular complexity index is 1640. The van der Waals surface area contributed by atoms with E-state index in [1.54, 1.807) is 0 Å². The number of aromatic nitrogens is 2. The van der Waals surface area contributed by atoms with E-state index >= 15 is 0 Å². The monoisotopic (exact) mass is 563 g/mol. The third kappa shape index (κ3) is 5.12. The minimum absolute atomic E-state index is 0.130. The van der Waals surface area contributed by atoms with Gasteiger partial charge in [0.2, 0.25) is 0 Å². The second-order valence-electron chi connectivity index (χ2n) is 10.7. The van der Waals surface area contributed by atoms with Crippen LogP contribution in [0.25, 0.3) is 22.5 Å². The van der Waals surface area contributed by atoms with E-state index in [1.165, 1.54) is 11.9 Å². The van der Waals surface area contributed by atoms with Crippen LogP contribution in [0.15, 0.2) is 101 Å². The average molecular weight is 564 g/mol. The minimum atomic E-state index is -0.130. The van der Waals surface area contributed by atoms with Crippen LogP contribution in [0, 0.1) is 0 Å². The molecule has 1 saturated heterocycles. The molecule has 8 heteroatoms. The lowest BCUT2D eigenvalue weighted by atomic mass is 9.91. The van der Waals surface area contributed by atoms with E-state index in [-0.39, 0.29) is 5.91 Å². The number of hydrogen-bond acceptors (Lipinski definition) is 6. The van der Waals surface area contributed by atoms with Crippen molar-refractivity contribution in [1.29, 1.82) is 0 Å². The number of nitrogens with zero attached hydrogens (tertiary/aromatic N) is 4. The van der Waals surface area contributed by atoms with Gasteiger partial charge in [-0.15, -0.1) is 0 Å². The van der Waals surface area contributed by atoms with Gasteiger partial charge in [-0.1, -0.05) is 41.9 Å². The lowest BCUT2D eigenvalue weighted by molar-refractivity contribution is 0.0770. The lowest BCUT2D eigenvalue weighted by Gasteiger charge is -2.37. The second kappa shape index (κ2) is 11.1. The number of carbonyl (C=O) groups is 1. The average Bonchev–Trinajstić information content (AvgIpc) is 3.41. The molecule has 1 N–H and O–H groups in total.